The van der Waals surface area contributed by atoms with Gasteiger partial charge in [-0.15, -0.1) is 0 Å². The van der Waals surface area contributed by atoms with Crippen LogP contribution in [-0.2, 0) is 4.74 Å². The number of carbonyl (C=O) groups excluding carboxylic acids is 1. The molecule has 17 heavy (non-hydrogen) atoms. The number of aromatic amines is 1. The molecule has 5 heteroatoms. The molecular weight excluding hydrogens is 284 g/mol. The highest BCUT2D eigenvalue weighted by molar-refractivity contribution is 9.10. The summed E-state index contributed by atoms with van der Waals surface area (Å²) in [5.74, 6) is 0.234. The summed E-state index contributed by atoms with van der Waals surface area (Å²) in [7, 11) is 0. The third kappa shape index (κ3) is 4.52. The molecule has 0 bridgehead atoms. The van der Waals surface area contributed by atoms with Gasteiger partial charge in [0.05, 0.1) is 12.6 Å². The van der Waals surface area contributed by atoms with Crippen LogP contribution >= 0.6 is 15.9 Å². The van der Waals surface area contributed by atoms with Crippen LogP contribution < -0.4 is 5.32 Å². The number of aromatic nitrogens is 1. The van der Waals surface area contributed by atoms with E-state index in [0.29, 0.717) is 24.8 Å². The van der Waals surface area contributed by atoms with Crippen LogP contribution in [0.15, 0.2) is 16.7 Å². The van der Waals surface area contributed by atoms with E-state index >= 15 is 0 Å². The Hall–Kier alpha value is -0.810. The second-order valence-electron chi connectivity index (χ2n) is 4.22. The molecule has 0 saturated carbocycles. The van der Waals surface area contributed by atoms with Crippen molar-refractivity contribution in [2.75, 3.05) is 13.2 Å². The number of H-pyrrole nitrogens is 1. The Balaban J connectivity index is 2.57. The topological polar surface area (TPSA) is 54.1 Å². The molecule has 0 fully saturated rings. The SMILES string of the molecule is CCOCC(NC(=O)c1cc(Br)c[nH]1)C(C)C. The quantitative estimate of drug-likeness (QED) is 0.848. The summed E-state index contributed by atoms with van der Waals surface area (Å²) in [5, 5.41) is 2.96. The Labute approximate surface area is 110 Å². The first kappa shape index (κ1) is 14.3. The van der Waals surface area contributed by atoms with Crippen LogP contribution in [0.5, 0.6) is 0 Å². The maximum atomic E-state index is 11.9. The van der Waals surface area contributed by atoms with Gasteiger partial charge < -0.3 is 15.0 Å². The van der Waals surface area contributed by atoms with Crippen LogP contribution in [0.1, 0.15) is 31.3 Å². The van der Waals surface area contributed by atoms with Gasteiger partial charge in [0.2, 0.25) is 0 Å². The molecule has 0 aromatic carbocycles. The van der Waals surface area contributed by atoms with E-state index < -0.39 is 0 Å². The number of ether oxygens (including phenoxy) is 1. The highest BCUT2D eigenvalue weighted by atomic mass is 79.9. The first-order valence-corrected chi connectivity index (χ1v) is 6.56. The van der Waals surface area contributed by atoms with E-state index in [1.165, 1.54) is 0 Å². The average Bonchev–Trinajstić information content (AvgIpc) is 2.70. The summed E-state index contributed by atoms with van der Waals surface area (Å²) in [6.07, 6.45) is 1.74. The molecule has 0 aliphatic rings. The molecule has 1 atom stereocenters. The van der Waals surface area contributed by atoms with E-state index in [1.807, 2.05) is 6.92 Å². The third-order valence-electron chi connectivity index (χ3n) is 2.52. The number of halogens is 1. The molecule has 4 nitrogen and oxygen atoms in total. The van der Waals surface area contributed by atoms with Gasteiger partial charge in [0, 0.05) is 17.3 Å². The van der Waals surface area contributed by atoms with Gasteiger partial charge in [0.15, 0.2) is 0 Å². The van der Waals surface area contributed by atoms with Crippen molar-refractivity contribution >= 4 is 21.8 Å². The highest BCUT2D eigenvalue weighted by Crippen LogP contribution is 2.11. The lowest BCUT2D eigenvalue weighted by Gasteiger charge is -2.21. The van der Waals surface area contributed by atoms with Crippen LogP contribution in [0.3, 0.4) is 0 Å². The smallest absolute Gasteiger partial charge is 0.268 e. The maximum Gasteiger partial charge on any atom is 0.268 e. The van der Waals surface area contributed by atoms with Crippen molar-refractivity contribution in [3.63, 3.8) is 0 Å². The molecule has 1 rings (SSSR count). The molecule has 0 radical (unpaired) electrons. The number of nitrogens with one attached hydrogen (secondary N) is 2. The summed E-state index contributed by atoms with van der Waals surface area (Å²) in [6, 6.07) is 1.79. The summed E-state index contributed by atoms with van der Waals surface area (Å²) in [4.78, 5) is 14.8. The zero-order valence-corrected chi connectivity index (χ0v) is 12.0. The normalized spacial score (nSPS) is 12.8. The standard InChI is InChI=1S/C12H19BrN2O2/c1-4-17-7-11(8(2)3)15-12(16)10-5-9(13)6-14-10/h5-6,8,11,14H,4,7H2,1-3H3,(H,15,16). The summed E-state index contributed by atoms with van der Waals surface area (Å²) < 4.78 is 6.23. The van der Waals surface area contributed by atoms with Crippen molar-refractivity contribution in [1.82, 2.24) is 10.3 Å². The van der Waals surface area contributed by atoms with Gasteiger partial charge in [0.25, 0.3) is 5.91 Å². The van der Waals surface area contributed by atoms with Crippen molar-refractivity contribution in [2.45, 2.75) is 26.8 Å². The van der Waals surface area contributed by atoms with E-state index in [1.54, 1.807) is 12.3 Å². The van der Waals surface area contributed by atoms with Crippen LogP contribution in [0.4, 0.5) is 0 Å². The predicted octanol–water partition coefficient (Wildman–Crippen LogP) is 2.57. The minimum Gasteiger partial charge on any atom is -0.380 e. The van der Waals surface area contributed by atoms with E-state index in [4.69, 9.17) is 4.74 Å². The minimum absolute atomic E-state index is 0.0320. The summed E-state index contributed by atoms with van der Waals surface area (Å²) in [5.41, 5.74) is 0.555. The van der Waals surface area contributed by atoms with E-state index in [0.717, 1.165) is 4.47 Å². The molecule has 0 spiro atoms. The second kappa shape index (κ2) is 6.81. The molecule has 1 heterocycles. The van der Waals surface area contributed by atoms with Crippen LogP contribution in [-0.4, -0.2) is 30.1 Å². The Morgan fingerprint density at radius 2 is 2.29 bits per heavy atom. The molecule has 2 N–H and O–H groups in total. The lowest BCUT2D eigenvalue weighted by Crippen LogP contribution is -2.42. The van der Waals surface area contributed by atoms with Crippen LogP contribution in [0, 0.1) is 5.92 Å². The summed E-state index contributed by atoms with van der Waals surface area (Å²) in [6.45, 7) is 7.28. The zero-order valence-electron chi connectivity index (χ0n) is 10.4. The van der Waals surface area contributed by atoms with Crippen molar-refractivity contribution in [3.8, 4) is 0 Å². The Bertz CT molecular complexity index is 363. The summed E-state index contributed by atoms with van der Waals surface area (Å²) >= 11 is 3.30. The molecule has 1 unspecified atom stereocenters. The molecular formula is C12H19BrN2O2. The van der Waals surface area contributed by atoms with Gasteiger partial charge in [0.1, 0.15) is 5.69 Å². The number of carbonyl (C=O) groups is 1. The van der Waals surface area contributed by atoms with Gasteiger partial charge in [-0.05, 0) is 34.8 Å². The minimum atomic E-state index is -0.103. The van der Waals surface area contributed by atoms with Gasteiger partial charge in [-0.1, -0.05) is 13.8 Å². The molecule has 1 amide bonds. The Kier molecular flexibility index (Phi) is 5.71. The molecule has 1 aromatic rings. The number of hydrogen-bond acceptors (Lipinski definition) is 2. The van der Waals surface area contributed by atoms with Gasteiger partial charge in [-0.2, -0.15) is 0 Å². The van der Waals surface area contributed by atoms with Gasteiger partial charge >= 0.3 is 0 Å². The van der Waals surface area contributed by atoms with Crippen LogP contribution in [0.25, 0.3) is 0 Å². The Morgan fingerprint density at radius 3 is 2.76 bits per heavy atom. The third-order valence-corrected chi connectivity index (χ3v) is 2.97. The fraction of sp³-hybridized carbons (Fsp3) is 0.583. The fourth-order valence-electron chi connectivity index (χ4n) is 1.39. The van der Waals surface area contributed by atoms with Gasteiger partial charge in [-0.3, -0.25) is 4.79 Å². The number of rotatable bonds is 6. The molecule has 0 aliphatic heterocycles. The van der Waals surface area contributed by atoms with Crippen LogP contribution in [0.2, 0.25) is 0 Å². The number of hydrogen-bond donors (Lipinski definition) is 2. The lowest BCUT2D eigenvalue weighted by molar-refractivity contribution is 0.0802. The molecule has 1 aromatic heterocycles. The van der Waals surface area contributed by atoms with E-state index in [9.17, 15) is 4.79 Å². The van der Waals surface area contributed by atoms with Crippen molar-refractivity contribution < 1.29 is 9.53 Å². The van der Waals surface area contributed by atoms with Crippen molar-refractivity contribution in [3.05, 3.63) is 22.4 Å². The number of amides is 1. The van der Waals surface area contributed by atoms with E-state index in [2.05, 4.69) is 40.1 Å². The molecule has 0 saturated heterocycles. The maximum absolute atomic E-state index is 11.9. The van der Waals surface area contributed by atoms with Gasteiger partial charge in [-0.25, -0.2) is 0 Å². The van der Waals surface area contributed by atoms with Crippen molar-refractivity contribution in [1.29, 1.82) is 0 Å². The lowest BCUT2D eigenvalue weighted by atomic mass is 10.1. The fourth-order valence-corrected chi connectivity index (χ4v) is 1.73. The van der Waals surface area contributed by atoms with E-state index in [-0.39, 0.29) is 11.9 Å². The average molecular weight is 303 g/mol. The predicted molar refractivity (Wildman–Crippen MR) is 71.1 cm³/mol. The first-order chi connectivity index (χ1) is 8.04. The molecule has 0 aliphatic carbocycles. The second-order valence-corrected chi connectivity index (χ2v) is 5.13. The molecule has 96 valence electrons. The zero-order chi connectivity index (χ0) is 12.8. The highest BCUT2D eigenvalue weighted by Gasteiger charge is 2.18. The monoisotopic (exact) mass is 302 g/mol. The largest absolute Gasteiger partial charge is 0.380 e. The van der Waals surface area contributed by atoms with Crippen molar-refractivity contribution in [2.24, 2.45) is 5.92 Å². The first-order valence-electron chi connectivity index (χ1n) is 5.77. The Morgan fingerprint density at radius 1 is 1.59 bits per heavy atom.